The predicted molar refractivity (Wildman–Crippen MR) is 68.3 cm³/mol. The highest BCUT2D eigenvalue weighted by atomic mass is 79.9. The van der Waals surface area contributed by atoms with E-state index >= 15 is 0 Å². The summed E-state index contributed by atoms with van der Waals surface area (Å²) in [4.78, 5) is 11.5. The molecule has 4 nitrogen and oxygen atoms in total. The van der Waals surface area contributed by atoms with Crippen molar-refractivity contribution in [1.82, 2.24) is 0 Å². The van der Waals surface area contributed by atoms with Crippen LogP contribution in [0.3, 0.4) is 0 Å². The van der Waals surface area contributed by atoms with Crippen molar-refractivity contribution in [2.75, 3.05) is 26.2 Å². The molecule has 0 aromatic rings. The van der Waals surface area contributed by atoms with Gasteiger partial charge in [0.25, 0.3) is 0 Å². The molecule has 1 N–H and O–H groups in total. The van der Waals surface area contributed by atoms with Crippen LogP contribution < -0.4 is 17.0 Å². The predicted octanol–water partition coefficient (Wildman–Crippen LogP) is -1.31. The van der Waals surface area contributed by atoms with Crippen LogP contribution in [0.25, 0.3) is 0 Å². The molecular weight excluding hydrogens is 298 g/mol. The van der Waals surface area contributed by atoms with Gasteiger partial charge >= 0.3 is 5.97 Å². The lowest BCUT2D eigenvalue weighted by molar-refractivity contribution is -0.964. The normalized spacial score (nSPS) is 12.5. The Bertz CT molecular complexity index is 265. The van der Waals surface area contributed by atoms with E-state index in [1.165, 1.54) is 0 Å². The van der Waals surface area contributed by atoms with Gasteiger partial charge < -0.3 is 26.8 Å². The van der Waals surface area contributed by atoms with Gasteiger partial charge in [0.05, 0.1) is 19.6 Å². The van der Waals surface area contributed by atoms with Gasteiger partial charge in [-0.2, -0.15) is 0 Å². The van der Waals surface area contributed by atoms with Crippen molar-refractivity contribution in [1.29, 1.82) is 0 Å². The molecule has 108 valence electrons. The summed E-state index contributed by atoms with van der Waals surface area (Å²) >= 11 is 0. The number of hydrogen-bond acceptors (Lipinski definition) is 3. The van der Waals surface area contributed by atoms with E-state index in [2.05, 4.69) is 20.4 Å². The van der Waals surface area contributed by atoms with E-state index in [1.807, 2.05) is 6.92 Å². The van der Waals surface area contributed by atoms with Gasteiger partial charge in [-0.05, 0) is 20.8 Å². The first kappa shape index (κ1) is 19.9. The molecule has 0 bridgehead atoms. The third-order valence-electron chi connectivity index (χ3n) is 3.42. The number of carbonyl (C=O) groups is 1. The van der Waals surface area contributed by atoms with Crippen molar-refractivity contribution in [2.24, 2.45) is 0 Å². The molecule has 1 atom stereocenters. The minimum atomic E-state index is -0.342. The Hall–Kier alpha value is -0.390. The molecule has 0 saturated carbocycles. The van der Waals surface area contributed by atoms with E-state index in [4.69, 9.17) is 9.84 Å². The molecule has 0 aromatic carbocycles. The molecule has 0 aliphatic heterocycles. The van der Waals surface area contributed by atoms with Crippen molar-refractivity contribution in [3.63, 3.8) is 0 Å². The van der Waals surface area contributed by atoms with E-state index in [-0.39, 0.29) is 35.8 Å². The lowest BCUT2D eigenvalue weighted by atomic mass is 10.2. The molecule has 1 unspecified atom stereocenters. The van der Waals surface area contributed by atoms with Gasteiger partial charge in [0, 0.05) is 25.5 Å². The molecule has 0 aromatic heterocycles. The minimum Gasteiger partial charge on any atom is -1.00 e. The van der Waals surface area contributed by atoms with E-state index < -0.39 is 0 Å². The zero-order valence-electron chi connectivity index (χ0n) is 11.9. The first-order valence-corrected chi connectivity index (χ1v) is 6.26. The molecule has 5 heteroatoms. The molecular formula is C13H26BrNO3. The Morgan fingerprint density at radius 3 is 2.22 bits per heavy atom. The van der Waals surface area contributed by atoms with Crippen LogP contribution in [-0.4, -0.2) is 48.0 Å². The standard InChI is InChI=1S/C13H26NO3.BrH/c1-6-14(7-2,9-8-10-15)12(5)17-13(16)11(3)4;/h12,15H,3,6-10H2,1-2,4-5H3;1H/q+1;/p-1. The molecule has 0 saturated heterocycles. The minimum absolute atomic E-state index is 0. The summed E-state index contributed by atoms with van der Waals surface area (Å²) in [5.41, 5.74) is 0.421. The third-order valence-corrected chi connectivity index (χ3v) is 3.42. The molecule has 0 rings (SSSR count). The summed E-state index contributed by atoms with van der Waals surface area (Å²) in [6.07, 6.45) is 0.511. The van der Waals surface area contributed by atoms with Crippen LogP contribution in [0.15, 0.2) is 12.2 Å². The van der Waals surface area contributed by atoms with Crippen LogP contribution in [0.5, 0.6) is 0 Å². The fourth-order valence-corrected chi connectivity index (χ4v) is 1.99. The average Bonchev–Trinajstić information content (AvgIpc) is 2.31. The van der Waals surface area contributed by atoms with E-state index in [0.717, 1.165) is 26.1 Å². The summed E-state index contributed by atoms with van der Waals surface area (Å²) in [5, 5.41) is 8.94. The molecule has 0 aliphatic carbocycles. The maximum atomic E-state index is 11.5. The monoisotopic (exact) mass is 323 g/mol. The molecule has 0 aliphatic rings. The van der Waals surface area contributed by atoms with Gasteiger partial charge in [-0.3, -0.25) is 4.48 Å². The maximum absolute atomic E-state index is 11.5. The van der Waals surface area contributed by atoms with Gasteiger partial charge in [0.15, 0.2) is 0 Å². The number of esters is 1. The summed E-state index contributed by atoms with van der Waals surface area (Å²) in [5.74, 6) is -0.342. The van der Waals surface area contributed by atoms with Crippen molar-refractivity contribution >= 4 is 5.97 Å². The zero-order chi connectivity index (χ0) is 13.5. The van der Waals surface area contributed by atoms with Crippen LogP contribution in [0, 0.1) is 0 Å². The average molecular weight is 324 g/mol. The van der Waals surface area contributed by atoms with Crippen LogP contribution in [0.1, 0.15) is 34.1 Å². The van der Waals surface area contributed by atoms with Crippen LogP contribution in [0.2, 0.25) is 0 Å². The van der Waals surface area contributed by atoms with Gasteiger partial charge in [-0.1, -0.05) is 6.58 Å². The first-order valence-electron chi connectivity index (χ1n) is 6.26. The summed E-state index contributed by atoms with van der Waals surface area (Å²) in [6, 6.07) is 0. The van der Waals surface area contributed by atoms with Gasteiger partial charge in [0.1, 0.15) is 0 Å². The van der Waals surface area contributed by atoms with Gasteiger partial charge in [-0.25, -0.2) is 4.79 Å². The van der Waals surface area contributed by atoms with E-state index in [0.29, 0.717) is 10.1 Å². The Kier molecular flexibility index (Phi) is 10.6. The topological polar surface area (TPSA) is 46.5 Å². The Morgan fingerprint density at radius 2 is 1.89 bits per heavy atom. The smallest absolute Gasteiger partial charge is 0.337 e. The quantitative estimate of drug-likeness (QED) is 0.261. The van der Waals surface area contributed by atoms with Crippen molar-refractivity contribution in [2.45, 2.75) is 40.3 Å². The zero-order valence-corrected chi connectivity index (χ0v) is 13.5. The SMILES string of the molecule is C=C(C)C(=O)OC(C)[N+](CC)(CC)CCCO.[Br-]. The van der Waals surface area contributed by atoms with Gasteiger partial charge in [-0.15, -0.1) is 0 Å². The van der Waals surface area contributed by atoms with E-state index in [1.54, 1.807) is 6.92 Å². The van der Waals surface area contributed by atoms with Crippen molar-refractivity contribution in [3.8, 4) is 0 Å². The number of halogens is 1. The fourth-order valence-electron chi connectivity index (χ4n) is 1.99. The first-order chi connectivity index (χ1) is 7.93. The highest BCUT2D eigenvalue weighted by Crippen LogP contribution is 2.16. The second-order valence-corrected chi connectivity index (χ2v) is 4.44. The second kappa shape index (κ2) is 9.53. The largest absolute Gasteiger partial charge is 1.00 e. The van der Waals surface area contributed by atoms with Crippen LogP contribution in [-0.2, 0) is 9.53 Å². The summed E-state index contributed by atoms with van der Waals surface area (Å²) in [6.45, 7) is 14.0. The highest BCUT2D eigenvalue weighted by molar-refractivity contribution is 5.86. The van der Waals surface area contributed by atoms with Crippen molar-refractivity contribution in [3.05, 3.63) is 12.2 Å². The summed E-state index contributed by atoms with van der Waals surface area (Å²) in [7, 11) is 0. The lowest BCUT2D eigenvalue weighted by Crippen LogP contribution is -3.00. The number of hydrogen-bond donors (Lipinski definition) is 1. The summed E-state index contributed by atoms with van der Waals surface area (Å²) < 4.78 is 6.09. The maximum Gasteiger partial charge on any atom is 0.337 e. The number of carbonyl (C=O) groups excluding carboxylic acids is 1. The molecule has 0 amide bonds. The number of aliphatic hydroxyl groups excluding tert-OH is 1. The van der Waals surface area contributed by atoms with Crippen molar-refractivity contribution < 1.29 is 36.1 Å². The lowest BCUT2D eigenvalue weighted by Gasteiger charge is -2.41. The number of nitrogens with zero attached hydrogens (tertiary/aromatic N) is 1. The molecule has 0 heterocycles. The van der Waals surface area contributed by atoms with Crippen LogP contribution in [0.4, 0.5) is 0 Å². The molecule has 0 fully saturated rings. The second-order valence-electron chi connectivity index (χ2n) is 4.44. The number of ether oxygens (including phenoxy) is 1. The Balaban J connectivity index is 0. The Labute approximate surface area is 121 Å². The fraction of sp³-hybridized carbons (Fsp3) is 0.769. The molecule has 0 radical (unpaired) electrons. The highest BCUT2D eigenvalue weighted by Gasteiger charge is 2.32. The van der Waals surface area contributed by atoms with Crippen LogP contribution >= 0.6 is 0 Å². The molecule has 18 heavy (non-hydrogen) atoms. The number of aliphatic hydroxyl groups is 1. The number of quaternary nitrogens is 1. The van der Waals surface area contributed by atoms with Gasteiger partial charge in [0.2, 0.25) is 6.23 Å². The van der Waals surface area contributed by atoms with E-state index in [9.17, 15) is 4.79 Å². The number of rotatable bonds is 8. The Morgan fingerprint density at radius 1 is 1.39 bits per heavy atom. The third kappa shape index (κ3) is 5.50. The molecule has 0 spiro atoms.